The van der Waals surface area contributed by atoms with Gasteiger partial charge in [-0.1, -0.05) is 69.3 Å². The van der Waals surface area contributed by atoms with Crippen LogP contribution in [0, 0.1) is 22.2 Å². The maximum atomic E-state index is 15.1. The number of benzene rings is 2. The van der Waals surface area contributed by atoms with E-state index < -0.39 is 93.9 Å². The molecule has 0 radical (unpaired) electrons. The van der Waals surface area contributed by atoms with Crippen LogP contribution < -0.4 is 5.32 Å². The van der Waals surface area contributed by atoms with E-state index in [2.05, 4.69) is 5.32 Å². The number of Topliss-reactive ketones (excluding diaryl/α,β-unsaturated/α-hetero) is 1. The number of ether oxygens (including phenoxy) is 5. The molecule has 2 bridgehead atoms. The van der Waals surface area contributed by atoms with Gasteiger partial charge in [0.1, 0.15) is 12.2 Å². The Hall–Kier alpha value is -4.39. The van der Waals surface area contributed by atoms with Gasteiger partial charge in [-0.05, 0) is 66.4 Å². The number of fused-ring (bicyclic) bond motifs is 5. The second kappa shape index (κ2) is 14.4. The van der Waals surface area contributed by atoms with Gasteiger partial charge >= 0.3 is 17.9 Å². The number of rotatable bonds is 9. The molecule has 2 aromatic carbocycles. The van der Waals surface area contributed by atoms with E-state index in [0.717, 1.165) is 0 Å². The summed E-state index contributed by atoms with van der Waals surface area (Å²) in [7, 11) is 1.37. The lowest BCUT2D eigenvalue weighted by molar-refractivity contribution is -0.324. The number of aliphatic hydroxyl groups excluding tert-OH is 1. The van der Waals surface area contributed by atoms with Gasteiger partial charge in [0.2, 0.25) is 0 Å². The molecule has 1 amide bonds. The van der Waals surface area contributed by atoms with Crippen molar-refractivity contribution < 1.29 is 52.8 Å². The predicted molar refractivity (Wildman–Crippen MR) is 195 cm³/mol. The number of hydrogen-bond donors (Lipinski definition) is 2. The number of methoxy groups -OCH3 is 1. The van der Waals surface area contributed by atoms with Crippen molar-refractivity contribution in [1.29, 1.82) is 0 Å². The first-order chi connectivity index (χ1) is 25.4. The fourth-order valence-electron chi connectivity index (χ4n) is 9.64. The van der Waals surface area contributed by atoms with Crippen LogP contribution in [0.15, 0.2) is 71.8 Å². The topological polar surface area (TPSA) is 164 Å². The van der Waals surface area contributed by atoms with Crippen LogP contribution in [0.2, 0.25) is 0 Å². The molecular weight excluding hydrogens is 694 g/mol. The van der Waals surface area contributed by atoms with E-state index in [0.29, 0.717) is 22.3 Å². The van der Waals surface area contributed by atoms with Crippen molar-refractivity contribution in [3.05, 3.63) is 82.9 Å². The second-order valence-electron chi connectivity index (χ2n) is 16.3. The highest BCUT2D eigenvalue weighted by atomic mass is 16.6. The van der Waals surface area contributed by atoms with Crippen LogP contribution >= 0.6 is 0 Å². The van der Waals surface area contributed by atoms with E-state index in [9.17, 15) is 24.3 Å². The molecule has 0 unspecified atom stereocenters. The molecule has 6 rings (SSSR count). The van der Waals surface area contributed by atoms with Crippen LogP contribution in [-0.2, 0) is 42.9 Å². The Labute approximate surface area is 315 Å². The van der Waals surface area contributed by atoms with Crippen molar-refractivity contribution in [2.45, 2.75) is 110 Å². The lowest BCUT2D eigenvalue weighted by Crippen LogP contribution is -2.77. The van der Waals surface area contributed by atoms with Crippen LogP contribution in [0.25, 0.3) is 0 Å². The Morgan fingerprint density at radius 2 is 1.54 bits per heavy atom. The summed E-state index contributed by atoms with van der Waals surface area (Å²) < 4.78 is 30.1. The smallest absolute Gasteiger partial charge is 0.338 e. The first-order valence-corrected chi connectivity index (χ1v) is 18.5. The molecule has 0 spiro atoms. The van der Waals surface area contributed by atoms with Crippen LogP contribution in [0.3, 0.4) is 0 Å². The number of esters is 3. The average Bonchev–Trinajstić information content (AvgIpc) is 3.12. The molecule has 4 aliphatic rings. The molecule has 1 saturated heterocycles. The van der Waals surface area contributed by atoms with E-state index in [-0.39, 0.29) is 25.9 Å². The third-order valence-electron chi connectivity index (χ3n) is 13.1. The summed E-state index contributed by atoms with van der Waals surface area (Å²) >= 11 is 0. The van der Waals surface area contributed by atoms with Gasteiger partial charge in [-0.3, -0.25) is 19.2 Å². The van der Waals surface area contributed by atoms with Gasteiger partial charge < -0.3 is 34.1 Å². The third kappa shape index (κ3) is 6.35. The van der Waals surface area contributed by atoms with Crippen molar-refractivity contribution in [2.75, 3.05) is 13.7 Å². The highest BCUT2D eigenvalue weighted by molar-refractivity contribution is 5.96. The summed E-state index contributed by atoms with van der Waals surface area (Å²) in [5, 5.41) is 14.7. The lowest BCUT2D eigenvalue weighted by atomic mass is 9.43. The number of carbonyl (C=O) groups is 5. The van der Waals surface area contributed by atoms with Crippen molar-refractivity contribution >= 4 is 29.6 Å². The van der Waals surface area contributed by atoms with Gasteiger partial charge in [-0.2, -0.15) is 0 Å². The molecule has 3 fully saturated rings. The Balaban J connectivity index is 1.43. The van der Waals surface area contributed by atoms with Crippen molar-refractivity contribution in [3.8, 4) is 0 Å². The molecular formula is C42H51NO11. The Morgan fingerprint density at radius 3 is 2.09 bits per heavy atom. The zero-order chi connectivity index (χ0) is 39.4. The number of ketones is 1. The zero-order valence-electron chi connectivity index (χ0n) is 32.2. The van der Waals surface area contributed by atoms with Gasteiger partial charge in [-0.25, -0.2) is 4.79 Å². The first-order valence-electron chi connectivity index (χ1n) is 18.5. The van der Waals surface area contributed by atoms with Gasteiger partial charge in [0.15, 0.2) is 23.6 Å². The molecule has 2 N–H and O–H groups in total. The first kappa shape index (κ1) is 39.3. The normalized spacial score (nSPS) is 33.6. The molecule has 12 nitrogen and oxygen atoms in total. The summed E-state index contributed by atoms with van der Waals surface area (Å²) in [5.74, 6) is -3.67. The Morgan fingerprint density at radius 1 is 0.907 bits per heavy atom. The summed E-state index contributed by atoms with van der Waals surface area (Å²) in [6.07, 6.45) is -4.86. The lowest BCUT2D eigenvalue weighted by Gasteiger charge is -2.66. The van der Waals surface area contributed by atoms with E-state index in [1.54, 1.807) is 68.4 Å². The molecule has 3 aliphatic carbocycles. The number of hydrogen-bond acceptors (Lipinski definition) is 11. The van der Waals surface area contributed by atoms with E-state index in [1.165, 1.54) is 21.0 Å². The fourth-order valence-corrected chi connectivity index (χ4v) is 9.64. The van der Waals surface area contributed by atoms with Gasteiger partial charge in [-0.15, -0.1) is 0 Å². The minimum atomic E-state index is -1.50. The molecule has 10 atom stereocenters. The van der Waals surface area contributed by atoms with Crippen LogP contribution in [0.5, 0.6) is 0 Å². The van der Waals surface area contributed by atoms with Crippen molar-refractivity contribution in [1.82, 2.24) is 5.32 Å². The highest BCUT2D eigenvalue weighted by Gasteiger charge is 2.73. The minimum absolute atomic E-state index is 0.0392. The number of amides is 1. The summed E-state index contributed by atoms with van der Waals surface area (Å²) in [4.78, 5) is 68.4. The second-order valence-corrected chi connectivity index (χ2v) is 16.3. The average molecular weight is 746 g/mol. The Kier molecular flexibility index (Phi) is 10.4. The molecule has 12 heteroatoms. The predicted octanol–water partition coefficient (Wildman–Crippen LogP) is 4.83. The largest absolute Gasteiger partial charge is 0.456 e. The van der Waals surface area contributed by atoms with Crippen LogP contribution in [-0.4, -0.2) is 84.5 Å². The maximum absolute atomic E-state index is 15.1. The van der Waals surface area contributed by atoms with E-state index in [1.807, 2.05) is 26.8 Å². The molecule has 290 valence electrons. The molecule has 2 saturated carbocycles. The van der Waals surface area contributed by atoms with Crippen LogP contribution in [0.4, 0.5) is 0 Å². The van der Waals surface area contributed by atoms with Gasteiger partial charge in [0.25, 0.3) is 5.91 Å². The van der Waals surface area contributed by atoms with E-state index >= 15 is 4.79 Å². The summed E-state index contributed by atoms with van der Waals surface area (Å²) in [6, 6.07) is 16.7. The molecule has 1 aliphatic heterocycles. The Bertz CT molecular complexity index is 1840. The summed E-state index contributed by atoms with van der Waals surface area (Å²) in [6.45, 7) is 12.0. The molecule has 2 aromatic rings. The minimum Gasteiger partial charge on any atom is -0.456 e. The van der Waals surface area contributed by atoms with Gasteiger partial charge in [0.05, 0.1) is 24.2 Å². The monoisotopic (exact) mass is 745 g/mol. The molecule has 54 heavy (non-hydrogen) atoms. The molecule has 0 aromatic heterocycles. The van der Waals surface area contributed by atoms with Crippen molar-refractivity contribution in [3.63, 3.8) is 0 Å². The van der Waals surface area contributed by atoms with E-state index in [4.69, 9.17) is 23.7 Å². The highest BCUT2D eigenvalue weighted by Crippen LogP contribution is 2.66. The zero-order valence-corrected chi connectivity index (χ0v) is 32.2. The number of nitrogens with one attached hydrogen (secondary N) is 1. The maximum Gasteiger partial charge on any atom is 0.338 e. The van der Waals surface area contributed by atoms with Gasteiger partial charge in [0, 0.05) is 38.9 Å². The molecule has 1 heterocycles. The fraction of sp³-hybridized carbons (Fsp3) is 0.548. The standard InChI is InChI=1S/C42H51NO11/c1-23-28(53-38(49)35(50-8)33(26-15-11-9-12-16-26)43-37(48)27-17-13-10-14-18-27)20-40(6)21-29-41(7,30(46)19-31-42(29,22-51-31)54-25(3)45)36(47)34(52-24(2)44)32(23)39(40,4)5/h9-18,28-31,33-35,46H,19-22H2,1-8H3,(H,43,48)/t28-,29-,30-,31+,33-,34+,35+,40-,41-,42+/m0/s1. The third-order valence-corrected chi connectivity index (χ3v) is 13.1. The summed E-state index contributed by atoms with van der Waals surface area (Å²) in [5.41, 5.74) is -2.28. The van der Waals surface area contributed by atoms with Crippen LogP contribution in [0.1, 0.15) is 89.7 Å². The van der Waals surface area contributed by atoms with Crippen molar-refractivity contribution in [2.24, 2.45) is 22.2 Å². The quantitative estimate of drug-likeness (QED) is 0.205. The number of carbonyl (C=O) groups excluding carboxylic acids is 5. The number of aliphatic hydroxyl groups is 1. The SMILES string of the molecule is CO[C@@H](C(=O)O[C@H]1C[C@@]2(C)C[C@@H]3[C@]4(OC(C)=O)CO[C@@H]4C[C@H](O)[C@@]3(C)C(=O)[C@H](OC(C)=O)C(=C1C)C2(C)C)[C@@H](NC(=O)c1ccccc1)c1ccccc1.